The standard InChI is InChI=1S/C29H46O3/c1-18(2)27(32-20(4)30)12-7-19(3)24-10-11-25-23-9-8-21-17-22(31)13-15-28(21,5)26(23)14-16-29(24,25)6/h17-19,23-27H,7-16H2,1-6H3/t19-,23+,24-,25+,26+,27-,28+,29-/m1/s1. The van der Waals surface area contributed by atoms with Crippen molar-refractivity contribution in [1.82, 2.24) is 0 Å². The molecule has 8 atom stereocenters. The maximum Gasteiger partial charge on any atom is 0.302 e. The van der Waals surface area contributed by atoms with Gasteiger partial charge < -0.3 is 4.74 Å². The van der Waals surface area contributed by atoms with E-state index in [1.165, 1.54) is 44.6 Å². The molecule has 0 aromatic rings. The van der Waals surface area contributed by atoms with Gasteiger partial charge in [-0.3, -0.25) is 9.59 Å². The van der Waals surface area contributed by atoms with E-state index in [-0.39, 0.29) is 17.5 Å². The lowest BCUT2D eigenvalue weighted by Gasteiger charge is -2.58. The molecular formula is C29H46O3. The number of esters is 1. The van der Waals surface area contributed by atoms with Gasteiger partial charge in [0, 0.05) is 13.3 Å². The van der Waals surface area contributed by atoms with Crippen LogP contribution in [0.5, 0.6) is 0 Å². The highest BCUT2D eigenvalue weighted by molar-refractivity contribution is 5.91. The van der Waals surface area contributed by atoms with E-state index < -0.39 is 0 Å². The number of rotatable bonds is 6. The lowest BCUT2D eigenvalue weighted by Crippen LogP contribution is -2.51. The largest absolute Gasteiger partial charge is 0.462 e. The fourth-order valence-electron chi connectivity index (χ4n) is 8.90. The van der Waals surface area contributed by atoms with Crippen molar-refractivity contribution in [3.8, 4) is 0 Å². The number of fused-ring (bicyclic) bond motifs is 5. The summed E-state index contributed by atoms with van der Waals surface area (Å²) in [7, 11) is 0. The summed E-state index contributed by atoms with van der Waals surface area (Å²) in [6.45, 7) is 13.4. The van der Waals surface area contributed by atoms with E-state index in [0.29, 0.717) is 23.0 Å². The molecule has 32 heavy (non-hydrogen) atoms. The Kier molecular flexibility index (Phi) is 6.69. The summed E-state index contributed by atoms with van der Waals surface area (Å²) in [4.78, 5) is 23.6. The third-order valence-electron chi connectivity index (χ3n) is 10.7. The molecule has 0 N–H and O–H groups in total. The molecule has 0 unspecified atom stereocenters. The second kappa shape index (κ2) is 8.91. The minimum atomic E-state index is -0.147. The molecule has 0 radical (unpaired) electrons. The Morgan fingerprint density at radius 2 is 1.78 bits per heavy atom. The molecule has 0 heterocycles. The van der Waals surface area contributed by atoms with Gasteiger partial charge in [0.05, 0.1) is 0 Å². The number of ether oxygens (including phenoxy) is 1. The van der Waals surface area contributed by atoms with E-state index in [2.05, 4.69) is 34.6 Å². The first-order valence-electron chi connectivity index (χ1n) is 13.5. The van der Waals surface area contributed by atoms with Crippen molar-refractivity contribution in [3.05, 3.63) is 11.6 Å². The van der Waals surface area contributed by atoms with Crippen molar-refractivity contribution in [2.24, 2.45) is 46.3 Å². The highest BCUT2D eigenvalue weighted by Gasteiger charge is 2.59. The van der Waals surface area contributed by atoms with Crippen molar-refractivity contribution >= 4 is 11.8 Å². The van der Waals surface area contributed by atoms with Gasteiger partial charge in [-0.25, -0.2) is 0 Å². The SMILES string of the molecule is CC(=O)O[C@H](CC[C@@H](C)[C@H]1CC[C@H]2[C@@H]3CCC4=CC(=O)CC[C@]4(C)[C@H]3CC[C@]12C)C(C)C. The summed E-state index contributed by atoms with van der Waals surface area (Å²) >= 11 is 0. The molecule has 0 saturated heterocycles. The normalized spacial score (nSPS) is 40.7. The second-order valence-corrected chi connectivity index (χ2v) is 12.6. The first-order valence-corrected chi connectivity index (χ1v) is 13.5. The van der Waals surface area contributed by atoms with Crippen LogP contribution in [0.1, 0.15) is 106 Å². The lowest BCUT2D eigenvalue weighted by molar-refractivity contribution is -0.149. The van der Waals surface area contributed by atoms with Crippen molar-refractivity contribution in [2.45, 2.75) is 112 Å². The van der Waals surface area contributed by atoms with Crippen LogP contribution in [0.15, 0.2) is 11.6 Å². The van der Waals surface area contributed by atoms with Crippen LogP contribution in [0.4, 0.5) is 0 Å². The molecule has 0 aliphatic heterocycles. The van der Waals surface area contributed by atoms with Crippen LogP contribution in [0, 0.1) is 46.3 Å². The Hall–Kier alpha value is -1.12. The molecule has 4 aliphatic rings. The molecular weight excluding hydrogens is 396 g/mol. The van der Waals surface area contributed by atoms with Gasteiger partial charge in [0.25, 0.3) is 0 Å². The van der Waals surface area contributed by atoms with Crippen molar-refractivity contribution in [1.29, 1.82) is 0 Å². The Morgan fingerprint density at radius 3 is 2.47 bits per heavy atom. The third-order valence-corrected chi connectivity index (χ3v) is 10.7. The summed E-state index contributed by atoms with van der Waals surface area (Å²) in [6, 6.07) is 0. The van der Waals surface area contributed by atoms with Crippen LogP contribution in [0.3, 0.4) is 0 Å². The number of carbonyl (C=O) groups excluding carboxylic acids is 2. The monoisotopic (exact) mass is 442 g/mol. The molecule has 180 valence electrons. The Labute approximate surface area is 196 Å². The summed E-state index contributed by atoms with van der Waals surface area (Å²) < 4.78 is 5.63. The van der Waals surface area contributed by atoms with Gasteiger partial charge >= 0.3 is 5.97 Å². The maximum absolute atomic E-state index is 12.1. The first kappa shape index (κ1) is 24.0. The van der Waals surface area contributed by atoms with E-state index in [4.69, 9.17) is 4.74 Å². The summed E-state index contributed by atoms with van der Waals surface area (Å²) in [5, 5.41) is 0. The average molecular weight is 443 g/mol. The highest BCUT2D eigenvalue weighted by Crippen LogP contribution is 2.67. The average Bonchev–Trinajstić information content (AvgIpc) is 3.08. The molecule has 4 aliphatic carbocycles. The zero-order valence-corrected chi connectivity index (χ0v) is 21.4. The molecule has 0 bridgehead atoms. The number of allylic oxidation sites excluding steroid dienone is 1. The third kappa shape index (κ3) is 4.11. The number of carbonyl (C=O) groups is 2. The minimum Gasteiger partial charge on any atom is -0.462 e. The molecule has 3 heteroatoms. The van der Waals surface area contributed by atoms with Gasteiger partial charge in [-0.05, 0) is 110 Å². The zero-order valence-electron chi connectivity index (χ0n) is 21.4. The topological polar surface area (TPSA) is 43.4 Å². The van der Waals surface area contributed by atoms with Crippen LogP contribution in [-0.4, -0.2) is 17.9 Å². The van der Waals surface area contributed by atoms with Crippen molar-refractivity contribution in [3.63, 3.8) is 0 Å². The molecule has 0 aromatic heterocycles. The molecule has 3 nitrogen and oxygen atoms in total. The molecule has 3 fully saturated rings. The van der Waals surface area contributed by atoms with Crippen LogP contribution < -0.4 is 0 Å². The molecule has 0 aromatic carbocycles. The van der Waals surface area contributed by atoms with Gasteiger partial charge in [0.2, 0.25) is 0 Å². The summed E-state index contributed by atoms with van der Waals surface area (Å²) in [6.07, 6.45) is 13.9. The second-order valence-electron chi connectivity index (χ2n) is 12.6. The Balaban J connectivity index is 1.45. The van der Waals surface area contributed by atoms with Crippen LogP contribution >= 0.6 is 0 Å². The Morgan fingerprint density at radius 1 is 1.03 bits per heavy atom. The quantitative estimate of drug-likeness (QED) is 0.411. The van der Waals surface area contributed by atoms with Crippen molar-refractivity contribution in [2.75, 3.05) is 0 Å². The fourth-order valence-corrected chi connectivity index (χ4v) is 8.90. The van der Waals surface area contributed by atoms with Gasteiger partial charge in [-0.15, -0.1) is 0 Å². The van der Waals surface area contributed by atoms with Crippen LogP contribution in [-0.2, 0) is 14.3 Å². The van der Waals surface area contributed by atoms with E-state index >= 15 is 0 Å². The molecule has 3 saturated carbocycles. The predicted octanol–water partition coefficient (Wildman–Crippen LogP) is 7.14. The van der Waals surface area contributed by atoms with Crippen LogP contribution in [0.2, 0.25) is 0 Å². The van der Waals surface area contributed by atoms with Crippen LogP contribution in [0.25, 0.3) is 0 Å². The van der Waals surface area contributed by atoms with E-state index in [1.54, 1.807) is 0 Å². The highest BCUT2D eigenvalue weighted by atomic mass is 16.5. The lowest BCUT2D eigenvalue weighted by atomic mass is 9.46. The Bertz CT molecular complexity index is 766. The van der Waals surface area contributed by atoms with Gasteiger partial charge in [0.15, 0.2) is 5.78 Å². The molecule has 0 amide bonds. The van der Waals surface area contributed by atoms with Gasteiger partial charge in [-0.1, -0.05) is 40.2 Å². The van der Waals surface area contributed by atoms with E-state index in [0.717, 1.165) is 55.8 Å². The summed E-state index contributed by atoms with van der Waals surface area (Å²) in [5.74, 6) is 4.52. The smallest absolute Gasteiger partial charge is 0.302 e. The molecule has 4 rings (SSSR count). The number of hydrogen-bond donors (Lipinski definition) is 0. The van der Waals surface area contributed by atoms with E-state index in [9.17, 15) is 9.59 Å². The summed E-state index contributed by atoms with van der Waals surface area (Å²) in [5.41, 5.74) is 2.21. The molecule has 0 spiro atoms. The minimum absolute atomic E-state index is 0.0493. The van der Waals surface area contributed by atoms with Crippen molar-refractivity contribution < 1.29 is 14.3 Å². The fraction of sp³-hybridized carbons (Fsp3) is 0.862. The van der Waals surface area contributed by atoms with E-state index in [1.807, 2.05) is 6.08 Å². The maximum atomic E-state index is 12.1. The predicted molar refractivity (Wildman–Crippen MR) is 129 cm³/mol. The zero-order chi connectivity index (χ0) is 23.3. The number of hydrogen-bond acceptors (Lipinski definition) is 3. The number of ketones is 1. The first-order chi connectivity index (χ1) is 15.1. The van der Waals surface area contributed by atoms with Gasteiger partial charge in [0.1, 0.15) is 6.10 Å². The van der Waals surface area contributed by atoms with Gasteiger partial charge in [-0.2, -0.15) is 0 Å².